The van der Waals surface area contributed by atoms with E-state index in [9.17, 15) is 14.4 Å². The van der Waals surface area contributed by atoms with E-state index in [1.807, 2.05) is 23.1 Å². The third kappa shape index (κ3) is 4.51. The number of imide groups is 1. The molecule has 0 spiro atoms. The molecule has 160 valence electrons. The van der Waals surface area contributed by atoms with E-state index in [0.29, 0.717) is 30.0 Å². The van der Waals surface area contributed by atoms with E-state index >= 15 is 0 Å². The van der Waals surface area contributed by atoms with E-state index < -0.39 is 5.97 Å². The second-order valence-electron chi connectivity index (χ2n) is 7.52. The van der Waals surface area contributed by atoms with Crippen LogP contribution in [0.5, 0.6) is 0 Å². The van der Waals surface area contributed by atoms with Crippen molar-refractivity contribution in [2.45, 2.75) is 13.5 Å². The van der Waals surface area contributed by atoms with Crippen molar-refractivity contribution in [2.75, 3.05) is 37.7 Å². The third-order valence-electron chi connectivity index (χ3n) is 5.50. The summed E-state index contributed by atoms with van der Waals surface area (Å²) in [7, 11) is 0. The molecule has 4 rings (SSSR count). The molecule has 0 N–H and O–H groups in total. The molecule has 2 aliphatic rings. The van der Waals surface area contributed by atoms with Gasteiger partial charge in [-0.3, -0.25) is 14.5 Å². The zero-order valence-corrected chi connectivity index (χ0v) is 17.5. The van der Waals surface area contributed by atoms with Crippen LogP contribution in [0.3, 0.4) is 0 Å². The number of rotatable bonds is 6. The molecular formula is C24H25N3O4. The molecule has 2 aromatic rings. The van der Waals surface area contributed by atoms with Crippen molar-refractivity contribution in [3.63, 3.8) is 0 Å². The molecule has 2 heterocycles. The summed E-state index contributed by atoms with van der Waals surface area (Å²) < 4.78 is 4.97. The lowest BCUT2D eigenvalue weighted by molar-refractivity contribution is -0.121. The van der Waals surface area contributed by atoms with Crippen molar-refractivity contribution in [2.24, 2.45) is 0 Å². The van der Waals surface area contributed by atoms with E-state index in [-0.39, 0.29) is 18.4 Å². The second-order valence-corrected chi connectivity index (χ2v) is 7.52. The van der Waals surface area contributed by atoms with Gasteiger partial charge in [0.15, 0.2) is 0 Å². The molecule has 7 nitrogen and oxygen atoms in total. The van der Waals surface area contributed by atoms with E-state index in [1.54, 1.807) is 31.2 Å². The molecule has 0 bridgehead atoms. The van der Waals surface area contributed by atoms with Crippen molar-refractivity contribution < 1.29 is 19.1 Å². The summed E-state index contributed by atoms with van der Waals surface area (Å²) >= 11 is 0. The number of nitrogens with zero attached hydrogens (tertiary/aromatic N) is 3. The molecule has 0 atom stereocenters. The predicted molar refractivity (Wildman–Crippen MR) is 116 cm³/mol. The Labute approximate surface area is 181 Å². The number of benzene rings is 2. The maximum Gasteiger partial charge on any atom is 0.338 e. The van der Waals surface area contributed by atoms with Gasteiger partial charge in [-0.1, -0.05) is 30.3 Å². The number of esters is 1. The molecule has 0 unspecified atom stereocenters. The normalized spacial score (nSPS) is 17.1. The van der Waals surface area contributed by atoms with Gasteiger partial charge in [-0.05, 0) is 36.8 Å². The minimum atomic E-state index is -0.430. The summed E-state index contributed by atoms with van der Waals surface area (Å²) in [4.78, 5) is 42.9. The number of hydrogen-bond donors (Lipinski definition) is 0. The Kier molecular flexibility index (Phi) is 6.13. The van der Waals surface area contributed by atoms with Crippen LogP contribution >= 0.6 is 0 Å². The average Bonchev–Trinajstić information content (AvgIpc) is 3.09. The Morgan fingerprint density at radius 1 is 0.935 bits per heavy atom. The number of carbonyl (C=O) groups is 3. The molecule has 2 aliphatic heterocycles. The average molecular weight is 419 g/mol. The van der Waals surface area contributed by atoms with Crippen molar-refractivity contribution in [3.05, 3.63) is 77.5 Å². The molecule has 2 aromatic carbocycles. The standard InChI is InChI=1S/C24H25N3O4/c1-2-31-24(30)19-8-10-20(11-9-19)27-22(28)16-21(23(27)29)26-14-12-25(13-15-26)17-18-6-4-3-5-7-18/h3-11,16H,2,12-15,17H2,1H3. The highest BCUT2D eigenvalue weighted by Gasteiger charge is 2.36. The maximum absolute atomic E-state index is 13.0. The second kappa shape index (κ2) is 9.14. The van der Waals surface area contributed by atoms with Crippen LogP contribution in [0.15, 0.2) is 66.4 Å². The first-order chi connectivity index (χ1) is 15.1. The number of hydrogen-bond acceptors (Lipinski definition) is 6. The topological polar surface area (TPSA) is 70.2 Å². The summed E-state index contributed by atoms with van der Waals surface area (Å²) in [5, 5.41) is 0. The van der Waals surface area contributed by atoms with Crippen LogP contribution in [-0.4, -0.2) is 60.4 Å². The minimum Gasteiger partial charge on any atom is -0.462 e. The van der Waals surface area contributed by atoms with Gasteiger partial charge in [-0.25, -0.2) is 9.69 Å². The Morgan fingerprint density at radius 2 is 1.61 bits per heavy atom. The molecule has 1 saturated heterocycles. The summed E-state index contributed by atoms with van der Waals surface area (Å²) in [5.41, 5.74) is 2.52. The van der Waals surface area contributed by atoms with Crippen molar-refractivity contribution in [1.29, 1.82) is 0 Å². The molecule has 0 saturated carbocycles. The van der Waals surface area contributed by atoms with Crippen LogP contribution in [0.4, 0.5) is 5.69 Å². The summed E-state index contributed by atoms with van der Waals surface area (Å²) in [5.74, 6) is -1.12. The Bertz CT molecular complexity index is 993. The van der Waals surface area contributed by atoms with E-state index in [4.69, 9.17) is 4.74 Å². The number of anilines is 1. The monoisotopic (exact) mass is 419 g/mol. The molecule has 31 heavy (non-hydrogen) atoms. The van der Waals surface area contributed by atoms with Crippen LogP contribution < -0.4 is 4.90 Å². The number of amides is 2. The molecular weight excluding hydrogens is 394 g/mol. The van der Waals surface area contributed by atoms with Gasteiger partial charge in [0, 0.05) is 38.8 Å². The highest BCUT2D eigenvalue weighted by molar-refractivity contribution is 6.30. The van der Waals surface area contributed by atoms with Gasteiger partial charge in [0.05, 0.1) is 17.9 Å². The summed E-state index contributed by atoms with van der Waals surface area (Å²) in [6, 6.07) is 16.6. The number of piperazine rings is 1. The zero-order chi connectivity index (χ0) is 21.8. The van der Waals surface area contributed by atoms with Gasteiger partial charge in [0.25, 0.3) is 11.8 Å². The predicted octanol–water partition coefficient (Wildman–Crippen LogP) is 2.44. The SMILES string of the molecule is CCOC(=O)c1ccc(N2C(=O)C=C(N3CCN(Cc4ccccc4)CC3)C2=O)cc1. The Balaban J connectivity index is 1.38. The fourth-order valence-electron chi connectivity index (χ4n) is 3.88. The van der Waals surface area contributed by atoms with Crippen LogP contribution in [0, 0.1) is 0 Å². The molecule has 0 aliphatic carbocycles. The van der Waals surface area contributed by atoms with Gasteiger partial charge in [0.2, 0.25) is 0 Å². The largest absolute Gasteiger partial charge is 0.462 e. The van der Waals surface area contributed by atoms with E-state index in [0.717, 1.165) is 24.5 Å². The van der Waals surface area contributed by atoms with Crippen LogP contribution in [-0.2, 0) is 20.9 Å². The first kappa shape index (κ1) is 20.8. The quantitative estimate of drug-likeness (QED) is 0.529. The Hall–Kier alpha value is -3.45. The van der Waals surface area contributed by atoms with Crippen molar-refractivity contribution in [3.8, 4) is 0 Å². The third-order valence-corrected chi connectivity index (χ3v) is 5.50. The van der Waals surface area contributed by atoms with Crippen LogP contribution in [0.1, 0.15) is 22.8 Å². The number of ether oxygens (including phenoxy) is 1. The highest BCUT2D eigenvalue weighted by Crippen LogP contribution is 2.26. The van der Waals surface area contributed by atoms with Gasteiger partial charge in [0.1, 0.15) is 5.70 Å². The van der Waals surface area contributed by atoms with Crippen molar-refractivity contribution in [1.82, 2.24) is 9.80 Å². The first-order valence-electron chi connectivity index (χ1n) is 10.5. The fraction of sp³-hybridized carbons (Fsp3) is 0.292. The van der Waals surface area contributed by atoms with E-state index in [1.165, 1.54) is 11.6 Å². The van der Waals surface area contributed by atoms with E-state index in [2.05, 4.69) is 17.0 Å². The number of carbonyl (C=O) groups excluding carboxylic acids is 3. The minimum absolute atomic E-state index is 0.287. The van der Waals surface area contributed by atoms with Crippen LogP contribution in [0.25, 0.3) is 0 Å². The zero-order valence-electron chi connectivity index (χ0n) is 17.5. The lowest BCUT2D eigenvalue weighted by atomic mass is 10.2. The molecule has 1 fully saturated rings. The fourth-order valence-corrected chi connectivity index (χ4v) is 3.88. The summed E-state index contributed by atoms with van der Waals surface area (Å²) in [6.45, 7) is 5.92. The smallest absolute Gasteiger partial charge is 0.338 e. The Morgan fingerprint density at radius 3 is 2.26 bits per heavy atom. The van der Waals surface area contributed by atoms with Gasteiger partial charge in [-0.2, -0.15) is 0 Å². The molecule has 0 radical (unpaired) electrons. The first-order valence-corrected chi connectivity index (χ1v) is 10.5. The molecule has 0 aromatic heterocycles. The van der Waals surface area contributed by atoms with Gasteiger partial charge < -0.3 is 9.64 Å². The van der Waals surface area contributed by atoms with Crippen molar-refractivity contribution >= 4 is 23.5 Å². The maximum atomic E-state index is 13.0. The van der Waals surface area contributed by atoms with Gasteiger partial charge in [-0.15, -0.1) is 0 Å². The van der Waals surface area contributed by atoms with Gasteiger partial charge >= 0.3 is 5.97 Å². The van der Waals surface area contributed by atoms with Crippen LogP contribution in [0.2, 0.25) is 0 Å². The highest BCUT2D eigenvalue weighted by atomic mass is 16.5. The molecule has 7 heteroatoms. The lowest BCUT2D eigenvalue weighted by Crippen LogP contribution is -2.47. The lowest BCUT2D eigenvalue weighted by Gasteiger charge is -2.36. The molecule has 2 amide bonds. The summed E-state index contributed by atoms with van der Waals surface area (Å²) in [6.07, 6.45) is 1.41.